The van der Waals surface area contributed by atoms with Gasteiger partial charge in [0.15, 0.2) is 0 Å². The van der Waals surface area contributed by atoms with Crippen LogP contribution < -0.4 is 10.5 Å². The summed E-state index contributed by atoms with van der Waals surface area (Å²) in [5, 5.41) is 0.620. The van der Waals surface area contributed by atoms with E-state index in [1.54, 1.807) is 6.92 Å². The fraction of sp³-hybridized carbons (Fsp3) is 0.250. The van der Waals surface area contributed by atoms with Crippen molar-refractivity contribution < 1.29 is 14.3 Å². The summed E-state index contributed by atoms with van der Waals surface area (Å²) in [6.45, 7) is 6.00. The van der Waals surface area contributed by atoms with E-state index >= 15 is 0 Å². The molecule has 0 unspecified atom stereocenters. The summed E-state index contributed by atoms with van der Waals surface area (Å²) in [6, 6.07) is 11.3. The lowest BCUT2D eigenvalue weighted by Crippen LogP contribution is -2.08. The molecule has 0 fully saturated rings. The summed E-state index contributed by atoms with van der Waals surface area (Å²) >= 11 is 0. The third-order valence-electron chi connectivity index (χ3n) is 3.76. The van der Waals surface area contributed by atoms with Gasteiger partial charge in [-0.3, -0.25) is 0 Å². The molecule has 2 aromatic heterocycles. The Morgan fingerprint density at radius 2 is 2.04 bits per heavy atom. The number of nitrogens with zero attached hydrogens (tertiary/aromatic N) is 2. The first-order chi connectivity index (χ1) is 12.5. The van der Waals surface area contributed by atoms with Crippen molar-refractivity contribution in [2.24, 2.45) is 0 Å². The summed E-state index contributed by atoms with van der Waals surface area (Å²) in [5.41, 5.74) is 8.44. The van der Waals surface area contributed by atoms with Crippen molar-refractivity contribution in [2.45, 2.75) is 26.9 Å². The second-order valence-corrected chi connectivity index (χ2v) is 6.06. The highest BCUT2D eigenvalue weighted by molar-refractivity contribution is 6.06. The van der Waals surface area contributed by atoms with Gasteiger partial charge in [0.2, 0.25) is 0 Å². The SMILES string of the molecule is CCOC(=O)c1cnc(N)c2nc(-c3cccc(OC(C)C)c3)ccc12. The van der Waals surface area contributed by atoms with Gasteiger partial charge in [0.1, 0.15) is 17.1 Å². The predicted molar refractivity (Wildman–Crippen MR) is 101 cm³/mol. The molecule has 0 radical (unpaired) electrons. The van der Waals surface area contributed by atoms with Crippen LogP contribution in [0.4, 0.5) is 5.82 Å². The number of esters is 1. The van der Waals surface area contributed by atoms with Crippen LogP contribution in [0.1, 0.15) is 31.1 Å². The minimum Gasteiger partial charge on any atom is -0.491 e. The highest BCUT2D eigenvalue weighted by Crippen LogP contribution is 2.28. The Labute approximate surface area is 152 Å². The second-order valence-electron chi connectivity index (χ2n) is 6.06. The van der Waals surface area contributed by atoms with Crippen LogP contribution in [0.2, 0.25) is 0 Å². The van der Waals surface area contributed by atoms with Gasteiger partial charge in [-0.15, -0.1) is 0 Å². The fourth-order valence-corrected chi connectivity index (χ4v) is 2.67. The molecule has 0 spiro atoms. The molecule has 3 rings (SSSR count). The molecule has 0 aliphatic carbocycles. The lowest BCUT2D eigenvalue weighted by molar-refractivity contribution is 0.0528. The molecule has 6 nitrogen and oxygen atoms in total. The molecule has 0 bridgehead atoms. The molecular formula is C20H21N3O3. The van der Waals surface area contributed by atoms with E-state index in [1.807, 2.05) is 50.2 Å². The lowest BCUT2D eigenvalue weighted by Gasteiger charge is -2.12. The number of nitrogens with two attached hydrogens (primary N) is 1. The van der Waals surface area contributed by atoms with Gasteiger partial charge in [0.25, 0.3) is 0 Å². The first-order valence-corrected chi connectivity index (χ1v) is 8.49. The average molecular weight is 351 g/mol. The minimum atomic E-state index is -0.438. The van der Waals surface area contributed by atoms with Gasteiger partial charge < -0.3 is 15.2 Å². The number of ether oxygens (including phenoxy) is 2. The maximum absolute atomic E-state index is 12.1. The quantitative estimate of drug-likeness (QED) is 0.703. The Hall–Kier alpha value is -3.15. The number of anilines is 1. The van der Waals surface area contributed by atoms with Crippen molar-refractivity contribution in [3.63, 3.8) is 0 Å². The number of carbonyl (C=O) groups excluding carboxylic acids is 1. The molecule has 2 heterocycles. The van der Waals surface area contributed by atoms with Gasteiger partial charge in [-0.2, -0.15) is 0 Å². The van der Waals surface area contributed by atoms with Gasteiger partial charge in [-0.05, 0) is 45.0 Å². The van der Waals surface area contributed by atoms with Crippen LogP contribution in [0.3, 0.4) is 0 Å². The molecule has 1 aromatic carbocycles. The standard InChI is InChI=1S/C20H21N3O3/c1-4-25-20(24)16-11-22-19(21)18-15(16)8-9-17(23-18)13-6-5-7-14(10-13)26-12(2)3/h5-12H,4H2,1-3H3,(H2,21,22). The number of benzene rings is 1. The Kier molecular flexibility index (Phi) is 5.02. The van der Waals surface area contributed by atoms with Crippen LogP contribution >= 0.6 is 0 Å². The van der Waals surface area contributed by atoms with Crippen LogP contribution in [-0.2, 0) is 4.74 Å². The van der Waals surface area contributed by atoms with E-state index in [1.165, 1.54) is 6.20 Å². The summed E-state index contributed by atoms with van der Waals surface area (Å²) < 4.78 is 10.8. The maximum atomic E-state index is 12.1. The van der Waals surface area contributed by atoms with E-state index in [4.69, 9.17) is 15.2 Å². The fourth-order valence-electron chi connectivity index (χ4n) is 2.67. The number of fused-ring (bicyclic) bond motifs is 1. The zero-order chi connectivity index (χ0) is 18.7. The molecule has 6 heteroatoms. The molecule has 134 valence electrons. The lowest BCUT2D eigenvalue weighted by atomic mass is 10.1. The Bertz CT molecular complexity index is 954. The van der Waals surface area contributed by atoms with Crippen LogP contribution in [0.25, 0.3) is 22.2 Å². The van der Waals surface area contributed by atoms with Crippen molar-refractivity contribution in [1.29, 1.82) is 0 Å². The molecular weight excluding hydrogens is 330 g/mol. The number of rotatable bonds is 5. The number of hydrogen-bond acceptors (Lipinski definition) is 6. The van der Waals surface area contributed by atoms with Crippen LogP contribution in [0.5, 0.6) is 5.75 Å². The van der Waals surface area contributed by atoms with E-state index in [-0.39, 0.29) is 11.9 Å². The first kappa shape index (κ1) is 17.7. The molecule has 26 heavy (non-hydrogen) atoms. The van der Waals surface area contributed by atoms with Crippen LogP contribution in [-0.4, -0.2) is 28.6 Å². The second kappa shape index (κ2) is 7.39. The third-order valence-corrected chi connectivity index (χ3v) is 3.76. The average Bonchev–Trinajstić information content (AvgIpc) is 2.62. The van der Waals surface area contributed by atoms with E-state index in [0.717, 1.165) is 17.0 Å². The topological polar surface area (TPSA) is 87.3 Å². The summed E-state index contributed by atoms with van der Waals surface area (Å²) in [4.78, 5) is 20.8. The van der Waals surface area contributed by atoms with Crippen molar-refractivity contribution >= 4 is 22.7 Å². The van der Waals surface area contributed by atoms with Crippen molar-refractivity contribution in [3.05, 3.63) is 48.2 Å². The summed E-state index contributed by atoms with van der Waals surface area (Å²) in [6.07, 6.45) is 1.51. The van der Waals surface area contributed by atoms with E-state index in [9.17, 15) is 4.79 Å². The number of carbonyl (C=O) groups is 1. The van der Waals surface area contributed by atoms with Crippen LogP contribution in [0.15, 0.2) is 42.6 Å². The molecule has 0 atom stereocenters. The van der Waals surface area contributed by atoms with Gasteiger partial charge in [0.05, 0.1) is 24.0 Å². The smallest absolute Gasteiger partial charge is 0.340 e. The van der Waals surface area contributed by atoms with Gasteiger partial charge in [-0.1, -0.05) is 12.1 Å². The van der Waals surface area contributed by atoms with E-state index in [0.29, 0.717) is 23.1 Å². The first-order valence-electron chi connectivity index (χ1n) is 8.49. The number of hydrogen-bond donors (Lipinski definition) is 1. The Morgan fingerprint density at radius 1 is 1.23 bits per heavy atom. The van der Waals surface area contributed by atoms with Crippen molar-refractivity contribution in [2.75, 3.05) is 12.3 Å². The number of aromatic nitrogens is 2. The zero-order valence-electron chi connectivity index (χ0n) is 15.0. The van der Waals surface area contributed by atoms with E-state index in [2.05, 4.69) is 9.97 Å². The van der Waals surface area contributed by atoms with Gasteiger partial charge in [0, 0.05) is 17.1 Å². The highest BCUT2D eigenvalue weighted by atomic mass is 16.5. The minimum absolute atomic E-state index is 0.0850. The van der Waals surface area contributed by atoms with Crippen LogP contribution in [0, 0.1) is 0 Å². The molecule has 0 amide bonds. The largest absolute Gasteiger partial charge is 0.491 e. The molecule has 3 aromatic rings. The molecule has 0 aliphatic heterocycles. The zero-order valence-corrected chi connectivity index (χ0v) is 15.0. The molecule has 0 saturated carbocycles. The van der Waals surface area contributed by atoms with Crippen molar-refractivity contribution in [3.8, 4) is 17.0 Å². The Balaban J connectivity index is 2.07. The van der Waals surface area contributed by atoms with Crippen molar-refractivity contribution in [1.82, 2.24) is 9.97 Å². The maximum Gasteiger partial charge on any atom is 0.340 e. The monoisotopic (exact) mass is 351 g/mol. The molecule has 0 saturated heterocycles. The van der Waals surface area contributed by atoms with Gasteiger partial charge in [-0.25, -0.2) is 14.8 Å². The van der Waals surface area contributed by atoms with E-state index < -0.39 is 5.97 Å². The molecule has 0 aliphatic rings. The normalized spacial score (nSPS) is 10.9. The summed E-state index contributed by atoms with van der Waals surface area (Å²) in [7, 11) is 0. The number of nitrogen functional groups attached to an aromatic ring is 1. The molecule has 2 N–H and O–H groups in total. The Morgan fingerprint density at radius 3 is 2.77 bits per heavy atom. The number of pyridine rings is 2. The highest BCUT2D eigenvalue weighted by Gasteiger charge is 2.15. The predicted octanol–water partition coefficient (Wildman–Crippen LogP) is 3.84. The third kappa shape index (κ3) is 3.59. The van der Waals surface area contributed by atoms with Gasteiger partial charge >= 0.3 is 5.97 Å². The summed E-state index contributed by atoms with van der Waals surface area (Å²) in [5.74, 6) is 0.599.